The summed E-state index contributed by atoms with van der Waals surface area (Å²) in [4.78, 5) is -0.0755. The Labute approximate surface area is 123 Å². The zero-order chi connectivity index (χ0) is 15.5. The van der Waals surface area contributed by atoms with E-state index in [0.717, 1.165) is 0 Å². The van der Waals surface area contributed by atoms with Gasteiger partial charge >= 0.3 is 0 Å². The first-order valence-electron chi connectivity index (χ1n) is 5.93. The van der Waals surface area contributed by atoms with Crippen molar-refractivity contribution in [2.45, 2.75) is 10.6 Å². The predicted molar refractivity (Wildman–Crippen MR) is 80.5 cm³/mol. The van der Waals surface area contributed by atoms with E-state index >= 15 is 0 Å². The third kappa shape index (κ3) is 4.55. The molecule has 2 aromatic rings. The quantitative estimate of drug-likeness (QED) is 0.863. The number of rotatable bonds is 5. The molecule has 8 heteroatoms. The normalized spacial score (nSPS) is 12.0. The number of nitrogens with two attached hydrogens (primary N) is 1. The average Bonchev–Trinajstić information content (AvgIpc) is 2.38. The monoisotopic (exact) mass is 326 g/mol. The molecule has 0 aliphatic rings. The van der Waals surface area contributed by atoms with E-state index in [1.54, 1.807) is 30.3 Å². The molecule has 0 heterocycles. The Balaban J connectivity index is 2.14. The molecule has 0 spiro atoms. The zero-order valence-electron chi connectivity index (χ0n) is 10.9. The highest BCUT2D eigenvalue weighted by Gasteiger charge is 2.12. The third-order valence-corrected chi connectivity index (χ3v) is 4.85. The van der Waals surface area contributed by atoms with Crippen molar-refractivity contribution >= 4 is 25.7 Å². The average molecular weight is 326 g/mol. The smallest absolute Gasteiger partial charge is 0.238 e. The van der Waals surface area contributed by atoms with E-state index in [9.17, 15) is 16.8 Å². The van der Waals surface area contributed by atoms with Crippen LogP contribution in [0.3, 0.4) is 0 Å². The van der Waals surface area contributed by atoms with Crippen molar-refractivity contribution in [1.29, 1.82) is 0 Å². The summed E-state index contributed by atoms with van der Waals surface area (Å²) in [7, 11) is -7.36. The van der Waals surface area contributed by atoms with Gasteiger partial charge in [-0.3, -0.25) is 4.72 Å². The van der Waals surface area contributed by atoms with E-state index in [1.165, 1.54) is 24.3 Å². The number of anilines is 1. The maximum absolute atomic E-state index is 12.0. The molecule has 0 amide bonds. The standard InChI is InChI=1S/C13H14N2O4S2/c14-21(18,19)13-8-6-12(7-9-13)15-20(16,17)10-11-4-2-1-3-5-11/h1-9,15H,10H2,(H2,14,18,19). The van der Waals surface area contributed by atoms with E-state index in [4.69, 9.17) is 5.14 Å². The molecule has 21 heavy (non-hydrogen) atoms. The molecule has 0 aromatic heterocycles. The molecule has 0 aliphatic heterocycles. The highest BCUT2D eigenvalue weighted by Crippen LogP contribution is 2.15. The number of hydrogen-bond donors (Lipinski definition) is 2. The number of hydrogen-bond acceptors (Lipinski definition) is 4. The maximum atomic E-state index is 12.0. The van der Waals surface area contributed by atoms with Gasteiger partial charge in [-0.15, -0.1) is 0 Å². The van der Waals surface area contributed by atoms with Crippen molar-refractivity contribution in [3.05, 3.63) is 60.2 Å². The summed E-state index contributed by atoms with van der Waals surface area (Å²) in [5, 5.41) is 4.97. The van der Waals surface area contributed by atoms with E-state index in [0.29, 0.717) is 5.56 Å². The van der Waals surface area contributed by atoms with Crippen molar-refractivity contribution < 1.29 is 16.8 Å². The van der Waals surface area contributed by atoms with Gasteiger partial charge in [0.05, 0.1) is 10.6 Å². The van der Waals surface area contributed by atoms with Crippen LogP contribution >= 0.6 is 0 Å². The second-order valence-electron chi connectivity index (χ2n) is 4.42. The summed E-state index contributed by atoms with van der Waals surface area (Å²) in [5.74, 6) is -0.162. The highest BCUT2D eigenvalue weighted by atomic mass is 32.2. The Morgan fingerprint density at radius 3 is 1.95 bits per heavy atom. The zero-order valence-corrected chi connectivity index (χ0v) is 12.6. The first-order valence-corrected chi connectivity index (χ1v) is 9.13. The number of nitrogens with one attached hydrogen (secondary N) is 1. The van der Waals surface area contributed by atoms with Crippen LogP contribution in [-0.4, -0.2) is 16.8 Å². The van der Waals surface area contributed by atoms with Gasteiger partial charge in [0.25, 0.3) is 0 Å². The van der Waals surface area contributed by atoms with Gasteiger partial charge in [0.2, 0.25) is 20.0 Å². The third-order valence-electron chi connectivity index (χ3n) is 2.66. The molecule has 3 N–H and O–H groups in total. The largest absolute Gasteiger partial charge is 0.283 e. The molecule has 0 unspecified atom stereocenters. The Morgan fingerprint density at radius 2 is 1.43 bits per heavy atom. The molecule has 0 atom stereocenters. The van der Waals surface area contributed by atoms with Crippen LogP contribution in [0.1, 0.15) is 5.56 Å². The van der Waals surface area contributed by atoms with Crippen molar-refractivity contribution in [2.75, 3.05) is 4.72 Å². The maximum Gasteiger partial charge on any atom is 0.238 e. The van der Waals surface area contributed by atoms with Crippen molar-refractivity contribution in [3.8, 4) is 0 Å². The SMILES string of the molecule is NS(=O)(=O)c1ccc(NS(=O)(=O)Cc2ccccc2)cc1. The van der Waals surface area contributed by atoms with Crippen LogP contribution in [0.2, 0.25) is 0 Å². The number of sulfonamides is 2. The van der Waals surface area contributed by atoms with Crippen LogP contribution in [0.15, 0.2) is 59.5 Å². The molecular formula is C13H14N2O4S2. The van der Waals surface area contributed by atoms with E-state index in [1.807, 2.05) is 0 Å². The fourth-order valence-electron chi connectivity index (χ4n) is 1.72. The van der Waals surface area contributed by atoms with Gasteiger partial charge in [-0.1, -0.05) is 30.3 Å². The summed E-state index contributed by atoms with van der Waals surface area (Å²) in [5.41, 5.74) is 0.935. The lowest BCUT2D eigenvalue weighted by atomic mass is 10.2. The lowest BCUT2D eigenvalue weighted by Crippen LogP contribution is -2.15. The molecule has 2 rings (SSSR count). The van der Waals surface area contributed by atoms with Gasteiger partial charge in [0.15, 0.2) is 0 Å². The highest BCUT2D eigenvalue weighted by molar-refractivity contribution is 7.92. The fraction of sp³-hybridized carbons (Fsp3) is 0.0769. The topological polar surface area (TPSA) is 106 Å². The minimum atomic E-state index is -3.79. The molecule has 6 nitrogen and oxygen atoms in total. The molecule has 0 saturated carbocycles. The number of primary sulfonamides is 1. The fourth-order valence-corrected chi connectivity index (χ4v) is 3.44. The Morgan fingerprint density at radius 1 is 0.857 bits per heavy atom. The van der Waals surface area contributed by atoms with Crippen LogP contribution in [0, 0.1) is 0 Å². The van der Waals surface area contributed by atoms with Crippen LogP contribution in [0.4, 0.5) is 5.69 Å². The summed E-state index contributed by atoms with van der Waals surface area (Å²) in [6.07, 6.45) is 0. The van der Waals surface area contributed by atoms with Gasteiger partial charge in [-0.25, -0.2) is 22.0 Å². The lowest BCUT2D eigenvalue weighted by Gasteiger charge is -2.08. The van der Waals surface area contributed by atoms with E-state index < -0.39 is 20.0 Å². The first kappa shape index (κ1) is 15.5. The van der Waals surface area contributed by atoms with Gasteiger partial charge in [-0.05, 0) is 29.8 Å². The van der Waals surface area contributed by atoms with Gasteiger partial charge in [0.1, 0.15) is 0 Å². The molecule has 0 aliphatic carbocycles. The van der Waals surface area contributed by atoms with Crippen molar-refractivity contribution in [1.82, 2.24) is 0 Å². The second-order valence-corrected chi connectivity index (χ2v) is 7.70. The Bertz CT molecular complexity index is 814. The Hall–Kier alpha value is -1.90. The van der Waals surface area contributed by atoms with Gasteiger partial charge in [-0.2, -0.15) is 0 Å². The number of benzene rings is 2. The Kier molecular flexibility index (Phi) is 4.31. The van der Waals surface area contributed by atoms with E-state index in [-0.39, 0.29) is 16.3 Å². The summed E-state index contributed by atoms with van der Waals surface area (Å²) in [6, 6.07) is 13.9. The van der Waals surface area contributed by atoms with E-state index in [2.05, 4.69) is 4.72 Å². The minimum absolute atomic E-state index is 0.0755. The summed E-state index contributed by atoms with van der Waals surface area (Å²) < 4.78 is 48.6. The van der Waals surface area contributed by atoms with Crippen molar-refractivity contribution in [3.63, 3.8) is 0 Å². The molecule has 112 valence electrons. The van der Waals surface area contributed by atoms with Gasteiger partial charge in [0, 0.05) is 5.69 Å². The van der Waals surface area contributed by atoms with Crippen LogP contribution < -0.4 is 9.86 Å². The molecular weight excluding hydrogens is 312 g/mol. The lowest BCUT2D eigenvalue weighted by molar-refractivity contribution is 0.597. The molecule has 0 saturated heterocycles. The minimum Gasteiger partial charge on any atom is -0.283 e. The van der Waals surface area contributed by atoms with Crippen LogP contribution in [-0.2, 0) is 25.8 Å². The molecule has 0 fully saturated rings. The van der Waals surface area contributed by atoms with Gasteiger partial charge < -0.3 is 0 Å². The second kappa shape index (κ2) is 5.84. The first-order chi connectivity index (χ1) is 9.76. The molecule has 0 radical (unpaired) electrons. The van der Waals surface area contributed by atoms with Crippen LogP contribution in [0.5, 0.6) is 0 Å². The predicted octanol–water partition coefficient (Wildman–Crippen LogP) is 1.28. The molecule has 0 bridgehead atoms. The van der Waals surface area contributed by atoms with Crippen molar-refractivity contribution in [2.24, 2.45) is 5.14 Å². The summed E-state index contributed by atoms with van der Waals surface area (Å²) in [6.45, 7) is 0. The molecule has 2 aromatic carbocycles. The van der Waals surface area contributed by atoms with Crippen LogP contribution in [0.25, 0.3) is 0 Å². The summed E-state index contributed by atoms with van der Waals surface area (Å²) >= 11 is 0.